The molecule has 0 radical (unpaired) electrons. The van der Waals surface area contributed by atoms with Crippen molar-refractivity contribution in [2.24, 2.45) is 0 Å². The number of hydrogen-bond donors (Lipinski definition) is 0. The predicted molar refractivity (Wildman–Crippen MR) is 191 cm³/mol. The Bertz CT molecular complexity index is 566. The van der Waals surface area contributed by atoms with Gasteiger partial charge in [0.15, 0.2) is 0 Å². The van der Waals surface area contributed by atoms with E-state index >= 15 is 0 Å². The number of likely N-dealkylation sites (N-methyl/N-ethyl adjacent to an activating group) is 1. The Kier molecular flexibility index (Phi) is 34.4. The van der Waals surface area contributed by atoms with Crippen molar-refractivity contribution in [2.75, 3.05) is 34.3 Å². The van der Waals surface area contributed by atoms with Gasteiger partial charge in [-0.25, -0.2) is 0 Å². The van der Waals surface area contributed by atoms with Crippen molar-refractivity contribution in [1.29, 1.82) is 0 Å². The number of quaternary nitrogens is 1. The van der Waals surface area contributed by atoms with Crippen LogP contribution in [0.2, 0.25) is 0 Å². The molecular formula is C37H78NO4P. The van der Waals surface area contributed by atoms with Crippen LogP contribution in [0.4, 0.5) is 0 Å². The molecule has 0 aromatic rings. The average Bonchev–Trinajstić information content (AvgIpc) is 2.95. The standard InChI is InChI=1S/C37H76NO3P.H2O/c1-6-8-10-12-14-16-18-20-22-24-26-28-30-32-36(39)42(41-35-34-38(3,4)5)37(40)33-31-29-27-25-23-21-19-17-15-13-11-9-7-2;/h42H,6-35H2,1-5H3;1H2. The summed E-state index contributed by atoms with van der Waals surface area (Å²) >= 11 is 0. The third kappa shape index (κ3) is 32.8. The molecule has 0 amide bonds. The van der Waals surface area contributed by atoms with E-state index in [1.54, 1.807) is 0 Å². The molecule has 0 aliphatic heterocycles. The predicted octanol–water partition coefficient (Wildman–Crippen LogP) is 11.0. The summed E-state index contributed by atoms with van der Waals surface area (Å²) in [6, 6.07) is 0. The summed E-state index contributed by atoms with van der Waals surface area (Å²) < 4.78 is 6.84. The van der Waals surface area contributed by atoms with Crippen LogP contribution in [0.1, 0.15) is 194 Å². The fourth-order valence-corrected chi connectivity index (χ4v) is 7.31. The number of carbonyl (C=O) groups excluding carboxylic acids is 2. The minimum absolute atomic E-state index is 0. The zero-order valence-electron chi connectivity index (χ0n) is 29.9. The smallest absolute Gasteiger partial charge is 0.412 e. The van der Waals surface area contributed by atoms with Crippen molar-refractivity contribution in [3.8, 4) is 0 Å². The van der Waals surface area contributed by atoms with E-state index in [0.717, 1.165) is 36.7 Å². The van der Waals surface area contributed by atoms with Gasteiger partial charge >= 0.3 is 213 Å². The Balaban J connectivity index is 0. The summed E-state index contributed by atoms with van der Waals surface area (Å²) in [7, 11) is 4.34. The molecule has 5 nitrogen and oxygen atoms in total. The van der Waals surface area contributed by atoms with E-state index in [-0.39, 0.29) is 16.5 Å². The van der Waals surface area contributed by atoms with Crippen LogP contribution in [-0.4, -0.2) is 55.3 Å². The van der Waals surface area contributed by atoms with Gasteiger partial charge in [-0.1, -0.05) is 52.4 Å². The van der Waals surface area contributed by atoms with Gasteiger partial charge in [-0.15, -0.1) is 0 Å². The first-order valence-electron chi connectivity index (χ1n) is 18.7. The molecule has 0 aliphatic rings. The fraction of sp³-hybridized carbons (Fsp3) is 0.946. The number of carbonyl (C=O) groups is 2. The zero-order chi connectivity index (χ0) is 31.2. The number of hydrogen-bond acceptors (Lipinski definition) is 3. The van der Waals surface area contributed by atoms with E-state index in [9.17, 15) is 9.59 Å². The molecule has 260 valence electrons. The van der Waals surface area contributed by atoms with Crippen molar-refractivity contribution in [2.45, 2.75) is 194 Å². The van der Waals surface area contributed by atoms with Crippen molar-refractivity contribution in [1.82, 2.24) is 0 Å². The molecule has 0 aliphatic carbocycles. The molecule has 2 N–H and O–H groups in total. The summed E-state index contributed by atoms with van der Waals surface area (Å²) in [5.41, 5.74) is 0.230. The molecular weight excluding hydrogens is 553 g/mol. The number of nitrogens with zero attached hydrogens (tertiary/aromatic N) is 1. The molecule has 0 aromatic carbocycles. The van der Waals surface area contributed by atoms with E-state index in [0.29, 0.717) is 19.4 Å². The summed E-state index contributed by atoms with van der Waals surface area (Å²) in [4.78, 5) is 26.1. The maximum atomic E-state index is 13.1. The first-order chi connectivity index (χ1) is 20.3. The first kappa shape index (κ1) is 44.8. The molecule has 0 atom stereocenters. The summed E-state index contributed by atoms with van der Waals surface area (Å²) in [5.74, 6) is 0. The van der Waals surface area contributed by atoms with E-state index in [1.807, 2.05) is 0 Å². The molecule has 0 saturated heterocycles. The third-order valence-corrected chi connectivity index (χ3v) is 10.5. The van der Waals surface area contributed by atoms with Crippen molar-refractivity contribution < 1.29 is 24.1 Å². The minimum atomic E-state index is -2.04. The quantitative estimate of drug-likeness (QED) is 0.0403. The van der Waals surface area contributed by atoms with Gasteiger partial charge in [0, 0.05) is 0 Å². The maximum absolute atomic E-state index is 13.1. The Hall–Kier alpha value is -0.350. The van der Waals surface area contributed by atoms with E-state index in [1.165, 1.54) is 141 Å². The van der Waals surface area contributed by atoms with Crippen LogP contribution < -0.4 is 0 Å². The molecule has 0 heterocycles. The van der Waals surface area contributed by atoms with Crippen LogP contribution >= 0.6 is 8.15 Å². The van der Waals surface area contributed by atoms with Crippen molar-refractivity contribution in [3.63, 3.8) is 0 Å². The normalized spacial score (nSPS) is 11.9. The Morgan fingerprint density at radius 2 is 0.721 bits per heavy atom. The van der Waals surface area contributed by atoms with Crippen LogP contribution in [0.15, 0.2) is 0 Å². The van der Waals surface area contributed by atoms with Gasteiger partial charge in [0.2, 0.25) is 0 Å². The summed E-state index contributed by atoms with van der Waals surface area (Å²) in [6.07, 6.45) is 34.8. The van der Waals surface area contributed by atoms with Crippen LogP contribution in [0.3, 0.4) is 0 Å². The average molecular weight is 632 g/mol. The summed E-state index contributed by atoms with van der Waals surface area (Å²) in [6.45, 7) is 5.88. The minimum Gasteiger partial charge on any atom is -0.412 e. The van der Waals surface area contributed by atoms with Crippen LogP contribution in [0.25, 0.3) is 0 Å². The SMILES string of the molecule is CCCCCCCCCCCCCCCC(=O)[PH-](OCC[N+](C)(C)C)C(=O)CCCCCCCCCCCCCCC.O. The van der Waals surface area contributed by atoms with Gasteiger partial charge in [-0.05, 0) is 0 Å². The molecule has 0 fully saturated rings. The second-order valence-corrected chi connectivity index (χ2v) is 16.1. The Morgan fingerprint density at radius 1 is 0.465 bits per heavy atom. The zero-order valence-corrected chi connectivity index (χ0v) is 30.9. The molecule has 0 bridgehead atoms. The summed E-state index contributed by atoms with van der Waals surface area (Å²) in [5, 5.41) is 0. The van der Waals surface area contributed by atoms with Gasteiger partial charge in [-0.2, -0.15) is 0 Å². The van der Waals surface area contributed by atoms with Gasteiger partial charge in [-0.3, -0.25) is 0 Å². The van der Waals surface area contributed by atoms with E-state index in [4.69, 9.17) is 4.52 Å². The third-order valence-electron chi connectivity index (χ3n) is 8.53. The second-order valence-electron chi connectivity index (χ2n) is 14.0. The molecule has 43 heavy (non-hydrogen) atoms. The van der Waals surface area contributed by atoms with Gasteiger partial charge in [0.05, 0.1) is 0 Å². The number of unbranched alkanes of at least 4 members (excludes halogenated alkanes) is 24. The van der Waals surface area contributed by atoms with Gasteiger partial charge in [0.25, 0.3) is 0 Å². The molecule has 0 aromatic heterocycles. The monoisotopic (exact) mass is 632 g/mol. The Labute approximate surface area is 270 Å². The topological polar surface area (TPSA) is 74.9 Å². The van der Waals surface area contributed by atoms with E-state index in [2.05, 4.69) is 35.0 Å². The fourth-order valence-electron chi connectivity index (χ4n) is 5.57. The second kappa shape index (κ2) is 33.0. The van der Waals surface area contributed by atoms with Crippen LogP contribution in [0.5, 0.6) is 0 Å². The van der Waals surface area contributed by atoms with E-state index < -0.39 is 8.15 Å². The van der Waals surface area contributed by atoms with Crippen molar-refractivity contribution in [3.05, 3.63) is 0 Å². The molecule has 0 spiro atoms. The molecule has 0 unspecified atom stereocenters. The Morgan fingerprint density at radius 3 is 0.977 bits per heavy atom. The molecule has 0 saturated carbocycles. The van der Waals surface area contributed by atoms with Crippen molar-refractivity contribution >= 4 is 19.2 Å². The first-order valence-corrected chi connectivity index (χ1v) is 20.1. The number of rotatable bonds is 34. The molecule has 6 heteroatoms. The van der Waals surface area contributed by atoms with Crippen LogP contribution in [-0.2, 0) is 14.1 Å². The van der Waals surface area contributed by atoms with Crippen LogP contribution in [0, 0.1) is 0 Å². The van der Waals surface area contributed by atoms with Gasteiger partial charge in [0.1, 0.15) is 0 Å². The van der Waals surface area contributed by atoms with Gasteiger partial charge < -0.3 is 5.48 Å². The molecule has 0 rings (SSSR count).